The fourth-order valence-electron chi connectivity index (χ4n) is 3.76. The monoisotopic (exact) mass is 467 g/mol. The van der Waals surface area contributed by atoms with Gasteiger partial charge in [0.25, 0.3) is 0 Å². The minimum Gasteiger partial charge on any atom is -0.493 e. The predicted molar refractivity (Wildman–Crippen MR) is 130 cm³/mol. The fraction of sp³-hybridized carbons (Fsp3) is 0.407. The molecule has 0 aromatic heterocycles. The number of methoxy groups -OCH3 is 2. The van der Waals surface area contributed by atoms with Crippen molar-refractivity contribution >= 4 is 18.1 Å². The molecule has 1 amide bonds. The lowest BCUT2D eigenvalue weighted by molar-refractivity contribution is 0.0256. The maximum absolute atomic E-state index is 12.6. The van der Waals surface area contributed by atoms with Crippen molar-refractivity contribution in [2.75, 3.05) is 20.8 Å². The van der Waals surface area contributed by atoms with Crippen LogP contribution in [0.3, 0.4) is 0 Å². The summed E-state index contributed by atoms with van der Waals surface area (Å²) in [6.07, 6.45) is 5.11. The van der Waals surface area contributed by atoms with Gasteiger partial charge < -0.3 is 23.8 Å². The van der Waals surface area contributed by atoms with Crippen LogP contribution < -0.4 is 9.47 Å². The Kier molecular flexibility index (Phi) is 8.21. The van der Waals surface area contributed by atoms with Crippen molar-refractivity contribution < 1.29 is 28.5 Å². The zero-order valence-electron chi connectivity index (χ0n) is 20.5. The van der Waals surface area contributed by atoms with Crippen molar-refractivity contribution in [3.63, 3.8) is 0 Å². The molecule has 7 heteroatoms. The molecule has 0 spiro atoms. The number of hydrogen-bond donors (Lipinski definition) is 0. The average molecular weight is 468 g/mol. The van der Waals surface area contributed by atoms with Crippen molar-refractivity contribution in [3.8, 4) is 11.5 Å². The van der Waals surface area contributed by atoms with E-state index in [-0.39, 0.29) is 12.1 Å². The van der Waals surface area contributed by atoms with Gasteiger partial charge in [0.1, 0.15) is 12.2 Å². The lowest BCUT2D eigenvalue weighted by atomic mass is 10.0. The van der Waals surface area contributed by atoms with E-state index >= 15 is 0 Å². The van der Waals surface area contributed by atoms with E-state index < -0.39 is 11.6 Å². The summed E-state index contributed by atoms with van der Waals surface area (Å²) < 4.78 is 22.0. The molecule has 1 aliphatic heterocycles. The van der Waals surface area contributed by atoms with Gasteiger partial charge in [-0.1, -0.05) is 42.5 Å². The summed E-state index contributed by atoms with van der Waals surface area (Å²) in [5.74, 6) is 0.460. The largest absolute Gasteiger partial charge is 0.493 e. The SMILES string of the molecule is COC(=O)c1cc(OC)c(OCc2ccccc2)cc1/C=C\[C@@H]1CCCN1C(=O)OC(C)(C)C. The van der Waals surface area contributed by atoms with Gasteiger partial charge in [-0.05, 0) is 56.9 Å². The first-order valence-electron chi connectivity index (χ1n) is 11.4. The quantitative estimate of drug-likeness (QED) is 0.503. The van der Waals surface area contributed by atoms with Crippen LogP contribution in [0, 0.1) is 0 Å². The molecule has 0 radical (unpaired) electrons. The van der Waals surface area contributed by atoms with Crippen LogP contribution in [0.15, 0.2) is 48.5 Å². The first-order chi connectivity index (χ1) is 16.2. The first kappa shape index (κ1) is 25.1. The van der Waals surface area contributed by atoms with E-state index in [1.165, 1.54) is 14.2 Å². The molecule has 0 unspecified atom stereocenters. The zero-order chi connectivity index (χ0) is 24.7. The molecule has 0 saturated carbocycles. The molecule has 1 atom stereocenters. The van der Waals surface area contributed by atoms with Gasteiger partial charge in [0, 0.05) is 6.54 Å². The molecule has 34 heavy (non-hydrogen) atoms. The van der Waals surface area contributed by atoms with Crippen molar-refractivity contribution in [1.82, 2.24) is 4.90 Å². The Bertz CT molecular complexity index is 1030. The van der Waals surface area contributed by atoms with Gasteiger partial charge in [-0.15, -0.1) is 0 Å². The molecular formula is C27H33NO6. The molecule has 7 nitrogen and oxygen atoms in total. The van der Waals surface area contributed by atoms with E-state index in [2.05, 4.69) is 0 Å². The van der Waals surface area contributed by atoms with Gasteiger partial charge in [0.05, 0.1) is 25.8 Å². The molecule has 0 bridgehead atoms. The van der Waals surface area contributed by atoms with Crippen molar-refractivity contribution in [1.29, 1.82) is 0 Å². The first-order valence-corrected chi connectivity index (χ1v) is 11.4. The number of esters is 1. The van der Waals surface area contributed by atoms with Crippen LogP contribution in [0.4, 0.5) is 4.79 Å². The highest BCUT2D eigenvalue weighted by molar-refractivity contribution is 5.94. The second-order valence-corrected chi connectivity index (χ2v) is 9.10. The van der Waals surface area contributed by atoms with Crippen LogP contribution in [0.2, 0.25) is 0 Å². The number of carbonyl (C=O) groups is 2. The number of likely N-dealkylation sites (tertiary alicyclic amines) is 1. The second-order valence-electron chi connectivity index (χ2n) is 9.10. The number of amides is 1. The Labute approximate surface area is 201 Å². The maximum Gasteiger partial charge on any atom is 0.410 e. The van der Waals surface area contributed by atoms with Gasteiger partial charge in [-0.2, -0.15) is 0 Å². The molecule has 1 aliphatic rings. The second kappa shape index (κ2) is 11.1. The van der Waals surface area contributed by atoms with Crippen LogP contribution in [0.1, 0.15) is 55.1 Å². The summed E-state index contributed by atoms with van der Waals surface area (Å²) in [5, 5.41) is 0. The normalized spacial score (nSPS) is 15.9. The van der Waals surface area contributed by atoms with Crippen molar-refractivity contribution in [2.24, 2.45) is 0 Å². The van der Waals surface area contributed by atoms with Gasteiger partial charge >= 0.3 is 12.1 Å². The van der Waals surface area contributed by atoms with Gasteiger partial charge in [0.2, 0.25) is 0 Å². The number of carbonyl (C=O) groups excluding carboxylic acids is 2. The van der Waals surface area contributed by atoms with Crippen molar-refractivity contribution in [2.45, 2.75) is 51.9 Å². The van der Waals surface area contributed by atoms with E-state index in [1.807, 2.05) is 63.3 Å². The van der Waals surface area contributed by atoms with Crippen LogP contribution >= 0.6 is 0 Å². The lowest BCUT2D eigenvalue weighted by Crippen LogP contribution is -2.39. The Morgan fingerprint density at radius 2 is 1.82 bits per heavy atom. The summed E-state index contributed by atoms with van der Waals surface area (Å²) >= 11 is 0. The van der Waals surface area contributed by atoms with E-state index in [0.717, 1.165) is 18.4 Å². The summed E-state index contributed by atoms with van der Waals surface area (Å²) in [5.41, 5.74) is 1.42. The van der Waals surface area contributed by atoms with Gasteiger partial charge in [0.15, 0.2) is 11.5 Å². The Morgan fingerprint density at radius 1 is 1.09 bits per heavy atom. The average Bonchev–Trinajstić information content (AvgIpc) is 3.29. The lowest BCUT2D eigenvalue weighted by Gasteiger charge is -2.27. The fourth-order valence-corrected chi connectivity index (χ4v) is 3.76. The molecule has 0 N–H and O–H groups in total. The molecule has 1 fully saturated rings. The number of rotatable bonds is 7. The molecule has 3 rings (SSSR count). The minimum atomic E-state index is -0.563. The van der Waals surface area contributed by atoms with E-state index in [1.54, 1.807) is 17.0 Å². The molecule has 182 valence electrons. The van der Waals surface area contributed by atoms with Crippen LogP contribution in [0.25, 0.3) is 6.08 Å². The standard InChI is InChI=1S/C27H33NO6/c1-27(2,3)34-26(30)28-15-9-12-21(28)14-13-20-16-24(33-18-19-10-7-6-8-11-19)23(31-4)17-22(20)25(29)32-5/h6-8,10-11,13-14,16-17,21H,9,12,15,18H2,1-5H3/b14-13-/t21-/m0/s1. The Morgan fingerprint density at radius 3 is 2.47 bits per heavy atom. The van der Waals surface area contributed by atoms with Crippen LogP contribution in [-0.4, -0.2) is 49.4 Å². The van der Waals surface area contributed by atoms with E-state index in [0.29, 0.717) is 35.8 Å². The summed E-state index contributed by atoms with van der Waals surface area (Å²) in [7, 11) is 2.86. The highest BCUT2D eigenvalue weighted by atomic mass is 16.6. The van der Waals surface area contributed by atoms with Gasteiger partial charge in [-0.25, -0.2) is 9.59 Å². The molecule has 1 saturated heterocycles. The summed E-state index contributed by atoms with van der Waals surface area (Å²) in [6.45, 7) is 6.53. The van der Waals surface area contributed by atoms with Crippen LogP contribution in [0.5, 0.6) is 11.5 Å². The van der Waals surface area contributed by atoms with E-state index in [4.69, 9.17) is 18.9 Å². The summed E-state index contributed by atoms with van der Waals surface area (Å²) in [6, 6.07) is 13.0. The highest BCUT2D eigenvalue weighted by Crippen LogP contribution is 2.33. The molecule has 0 aliphatic carbocycles. The minimum absolute atomic E-state index is 0.129. The van der Waals surface area contributed by atoms with Crippen LogP contribution in [-0.2, 0) is 16.1 Å². The number of hydrogen-bond acceptors (Lipinski definition) is 6. The molecular weight excluding hydrogens is 434 g/mol. The number of nitrogens with zero attached hydrogens (tertiary/aromatic N) is 1. The maximum atomic E-state index is 12.6. The van der Waals surface area contributed by atoms with E-state index in [9.17, 15) is 9.59 Å². The molecule has 2 aromatic rings. The molecule has 1 heterocycles. The Balaban J connectivity index is 1.87. The third kappa shape index (κ3) is 6.53. The Hall–Kier alpha value is -3.48. The van der Waals surface area contributed by atoms with Gasteiger partial charge in [-0.3, -0.25) is 0 Å². The van der Waals surface area contributed by atoms with Crippen molar-refractivity contribution in [3.05, 3.63) is 65.2 Å². The number of benzene rings is 2. The third-order valence-electron chi connectivity index (χ3n) is 5.40. The number of ether oxygens (including phenoxy) is 4. The third-order valence-corrected chi connectivity index (χ3v) is 5.40. The topological polar surface area (TPSA) is 74.3 Å². The summed E-state index contributed by atoms with van der Waals surface area (Å²) in [4.78, 5) is 26.8. The predicted octanol–water partition coefficient (Wildman–Crippen LogP) is 5.47. The highest BCUT2D eigenvalue weighted by Gasteiger charge is 2.30. The smallest absolute Gasteiger partial charge is 0.410 e. The molecule has 2 aromatic carbocycles. The zero-order valence-corrected chi connectivity index (χ0v) is 20.5.